The van der Waals surface area contributed by atoms with Crippen molar-refractivity contribution < 1.29 is 19.4 Å². The van der Waals surface area contributed by atoms with E-state index in [1.807, 2.05) is 0 Å². The molecule has 1 aromatic carbocycles. The molecule has 0 spiro atoms. The summed E-state index contributed by atoms with van der Waals surface area (Å²) in [5.41, 5.74) is 0.213. The molecule has 0 aliphatic rings. The molecular weight excluding hydrogens is 268 g/mol. The van der Waals surface area contributed by atoms with Crippen molar-refractivity contribution in [3.8, 4) is 17.2 Å². The molecule has 0 fully saturated rings. The van der Waals surface area contributed by atoms with E-state index in [0.29, 0.717) is 37.1 Å². The third-order valence-corrected chi connectivity index (χ3v) is 3.68. The number of hydrogen-bond acceptors (Lipinski definition) is 4. The minimum atomic E-state index is -0.144. The van der Waals surface area contributed by atoms with Gasteiger partial charge >= 0.3 is 0 Å². The molecule has 1 aromatic rings. The second-order valence-corrected chi connectivity index (χ2v) is 5.60. The number of hydrogen-bond donors (Lipinski definition) is 1. The Labute approximate surface area is 127 Å². The number of ether oxygens (including phenoxy) is 2. The Morgan fingerprint density at radius 2 is 1.67 bits per heavy atom. The molecule has 0 amide bonds. The highest BCUT2D eigenvalue weighted by molar-refractivity contribution is 5.82. The molecule has 0 saturated heterocycles. The molecule has 1 N–H and O–H groups in total. The highest BCUT2D eigenvalue weighted by atomic mass is 16.5. The SMILES string of the molecule is CCC(C)COc1ccc(C=O)c(O)c1OCC(C)CC. The van der Waals surface area contributed by atoms with Gasteiger partial charge in [-0.2, -0.15) is 0 Å². The first-order chi connectivity index (χ1) is 10.0. The lowest BCUT2D eigenvalue weighted by Crippen LogP contribution is -2.11. The number of benzene rings is 1. The maximum Gasteiger partial charge on any atom is 0.204 e. The van der Waals surface area contributed by atoms with Gasteiger partial charge in [-0.25, -0.2) is 0 Å². The van der Waals surface area contributed by atoms with Gasteiger partial charge in [0.15, 0.2) is 17.8 Å². The lowest BCUT2D eigenvalue weighted by atomic mass is 10.1. The predicted molar refractivity (Wildman–Crippen MR) is 83.4 cm³/mol. The Balaban J connectivity index is 2.94. The second kappa shape index (κ2) is 8.55. The summed E-state index contributed by atoms with van der Waals surface area (Å²) < 4.78 is 11.4. The summed E-state index contributed by atoms with van der Waals surface area (Å²) in [6.07, 6.45) is 2.61. The summed E-state index contributed by atoms with van der Waals surface area (Å²) in [7, 11) is 0. The Kier molecular flexibility index (Phi) is 7.06. The van der Waals surface area contributed by atoms with E-state index in [0.717, 1.165) is 12.8 Å². The number of aromatic hydroxyl groups is 1. The van der Waals surface area contributed by atoms with Crippen molar-refractivity contribution in [1.82, 2.24) is 0 Å². The van der Waals surface area contributed by atoms with Gasteiger partial charge in [0.05, 0.1) is 18.8 Å². The maximum atomic E-state index is 10.9. The summed E-state index contributed by atoms with van der Waals surface area (Å²) >= 11 is 0. The molecule has 2 atom stereocenters. The molecule has 0 bridgehead atoms. The van der Waals surface area contributed by atoms with Gasteiger partial charge in [-0.3, -0.25) is 4.79 Å². The van der Waals surface area contributed by atoms with Crippen LogP contribution in [0.25, 0.3) is 0 Å². The average molecular weight is 294 g/mol. The van der Waals surface area contributed by atoms with Crippen LogP contribution >= 0.6 is 0 Å². The van der Waals surface area contributed by atoms with E-state index in [4.69, 9.17) is 9.47 Å². The van der Waals surface area contributed by atoms with Crippen molar-refractivity contribution in [2.75, 3.05) is 13.2 Å². The van der Waals surface area contributed by atoms with Gasteiger partial charge in [-0.15, -0.1) is 0 Å². The first-order valence-electron chi connectivity index (χ1n) is 7.60. The third-order valence-electron chi connectivity index (χ3n) is 3.68. The number of rotatable bonds is 9. The molecule has 0 aromatic heterocycles. The van der Waals surface area contributed by atoms with Gasteiger partial charge in [0.2, 0.25) is 5.75 Å². The largest absolute Gasteiger partial charge is 0.504 e. The van der Waals surface area contributed by atoms with Gasteiger partial charge in [-0.05, 0) is 24.0 Å². The summed E-state index contributed by atoms with van der Waals surface area (Å²) in [4.78, 5) is 10.9. The highest BCUT2D eigenvalue weighted by Gasteiger charge is 2.16. The molecule has 0 heterocycles. The Morgan fingerprint density at radius 1 is 1.10 bits per heavy atom. The predicted octanol–water partition coefficient (Wildman–Crippen LogP) is 4.05. The van der Waals surface area contributed by atoms with Gasteiger partial charge in [0.1, 0.15) is 0 Å². The zero-order valence-electron chi connectivity index (χ0n) is 13.4. The van der Waals surface area contributed by atoms with Crippen LogP contribution in [0.15, 0.2) is 12.1 Å². The first kappa shape index (κ1) is 17.3. The average Bonchev–Trinajstić information content (AvgIpc) is 2.51. The molecule has 2 unspecified atom stereocenters. The molecule has 4 heteroatoms. The molecule has 118 valence electrons. The standard InChI is InChI=1S/C17H26O4/c1-5-12(3)10-20-15-8-7-14(9-18)16(19)17(15)21-11-13(4)6-2/h7-9,12-13,19H,5-6,10-11H2,1-4H3. The number of phenols is 1. The fraction of sp³-hybridized carbons (Fsp3) is 0.588. The van der Waals surface area contributed by atoms with Crippen molar-refractivity contribution in [2.45, 2.75) is 40.5 Å². The summed E-state index contributed by atoms with van der Waals surface area (Å²) in [5, 5.41) is 10.1. The summed E-state index contributed by atoms with van der Waals surface area (Å²) in [6.45, 7) is 9.37. The number of carbonyl (C=O) groups excluding carboxylic acids is 1. The van der Waals surface area contributed by atoms with Crippen LogP contribution in [0.4, 0.5) is 0 Å². The van der Waals surface area contributed by atoms with Crippen LogP contribution in [0.2, 0.25) is 0 Å². The lowest BCUT2D eigenvalue weighted by molar-refractivity contribution is 0.111. The zero-order valence-corrected chi connectivity index (χ0v) is 13.4. The Morgan fingerprint density at radius 3 is 2.19 bits per heavy atom. The van der Waals surface area contributed by atoms with Crippen molar-refractivity contribution in [3.63, 3.8) is 0 Å². The molecular formula is C17H26O4. The summed E-state index contributed by atoms with van der Waals surface area (Å²) in [6, 6.07) is 3.22. The normalized spacial score (nSPS) is 13.5. The number of phenolic OH excluding ortho intramolecular Hbond substituents is 1. The number of aldehydes is 1. The molecule has 1 rings (SSSR count). The third kappa shape index (κ3) is 4.96. The van der Waals surface area contributed by atoms with E-state index >= 15 is 0 Å². The highest BCUT2D eigenvalue weighted by Crippen LogP contribution is 2.39. The molecule has 0 aliphatic heterocycles. The van der Waals surface area contributed by atoms with E-state index in [1.54, 1.807) is 12.1 Å². The van der Waals surface area contributed by atoms with E-state index in [-0.39, 0.29) is 17.1 Å². The fourth-order valence-electron chi connectivity index (χ4n) is 1.61. The van der Waals surface area contributed by atoms with Crippen molar-refractivity contribution in [3.05, 3.63) is 17.7 Å². The van der Waals surface area contributed by atoms with Crippen LogP contribution < -0.4 is 9.47 Å². The lowest BCUT2D eigenvalue weighted by Gasteiger charge is -2.18. The van der Waals surface area contributed by atoms with E-state index in [2.05, 4.69) is 27.7 Å². The molecule has 4 nitrogen and oxygen atoms in total. The molecule has 0 saturated carbocycles. The van der Waals surface area contributed by atoms with Crippen LogP contribution in [-0.4, -0.2) is 24.6 Å². The van der Waals surface area contributed by atoms with Gasteiger partial charge < -0.3 is 14.6 Å². The van der Waals surface area contributed by atoms with E-state index in [9.17, 15) is 9.90 Å². The second-order valence-electron chi connectivity index (χ2n) is 5.60. The monoisotopic (exact) mass is 294 g/mol. The zero-order chi connectivity index (χ0) is 15.8. The number of carbonyl (C=O) groups is 1. The minimum absolute atomic E-state index is 0.144. The van der Waals surface area contributed by atoms with Crippen LogP contribution in [0.5, 0.6) is 17.2 Å². The van der Waals surface area contributed by atoms with Crippen LogP contribution in [0, 0.1) is 11.8 Å². The van der Waals surface area contributed by atoms with Crippen LogP contribution in [-0.2, 0) is 0 Å². The summed E-state index contributed by atoms with van der Waals surface area (Å²) in [5.74, 6) is 1.40. The van der Waals surface area contributed by atoms with Crippen molar-refractivity contribution >= 4 is 6.29 Å². The quantitative estimate of drug-likeness (QED) is 0.698. The van der Waals surface area contributed by atoms with Crippen LogP contribution in [0.1, 0.15) is 50.9 Å². The minimum Gasteiger partial charge on any atom is -0.504 e. The van der Waals surface area contributed by atoms with Gasteiger partial charge in [0, 0.05) is 0 Å². The Hall–Kier alpha value is -1.71. The van der Waals surface area contributed by atoms with E-state index < -0.39 is 0 Å². The van der Waals surface area contributed by atoms with Crippen molar-refractivity contribution in [1.29, 1.82) is 0 Å². The van der Waals surface area contributed by atoms with Gasteiger partial charge in [-0.1, -0.05) is 40.5 Å². The van der Waals surface area contributed by atoms with Crippen molar-refractivity contribution in [2.24, 2.45) is 11.8 Å². The van der Waals surface area contributed by atoms with E-state index in [1.165, 1.54) is 0 Å². The maximum absolute atomic E-state index is 10.9. The molecule has 21 heavy (non-hydrogen) atoms. The Bertz CT molecular complexity index is 456. The smallest absolute Gasteiger partial charge is 0.204 e. The fourth-order valence-corrected chi connectivity index (χ4v) is 1.61. The topological polar surface area (TPSA) is 55.8 Å². The molecule has 0 aliphatic carbocycles. The molecule has 0 radical (unpaired) electrons. The van der Waals surface area contributed by atoms with Crippen LogP contribution in [0.3, 0.4) is 0 Å². The first-order valence-corrected chi connectivity index (χ1v) is 7.60. The van der Waals surface area contributed by atoms with Gasteiger partial charge in [0.25, 0.3) is 0 Å².